The number of imide groups is 1. The molecule has 0 saturated carbocycles. The fourth-order valence-corrected chi connectivity index (χ4v) is 1.81. The van der Waals surface area contributed by atoms with Crippen LogP contribution in [0.15, 0.2) is 22.7 Å². The molecule has 0 aliphatic heterocycles. The van der Waals surface area contributed by atoms with Crippen molar-refractivity contribution >= 4 is 45.2 Å². The third-order valence-electron chi connectivity index (χ3n) is 1.67. The predicted molar refractivity (Wildman–Crippen MR) is 66.8 cm³/mol. The molecule has 4 nitrogen and oxygen atoms in total. The van der Waals surface area contributed by atoms with E-state index < -0.39 is 11.9 Å². The zero-order valence-electron chi connectivity index (χ0n) is 8.51. The maximum atomic E-state index is 11.3. The first-order valence-corrected chi connectivity index (χ1v) is 5.78. The van der Waals surface area contributed by atoms with Gasteiger partial charge in [-0.25, -0.2) is 4.79 Å². The number of anilines is 1. The highest BCUT2D eigenvalue weighted by Crippen LogP contribution is 2.18. The first-order chi connectivity index (χ1) is 7.51. The second-order valence-corrected chi connectivity index (χ2v) is 4.34. The Bertz CT molecular complexity index is 403. The van der Waals surface area contributed by atoms with Gasteiger partial charge in [0.1, 0.15) is 5.88 Å². The zero-order chi connectivity index (χ0) is 12.1. The Morgan fingerprint density at radius 3 is 2.62 bits per heavy atom. The van der Waals surface area contributed by atoms with Crippen LogP contribution in [-0.4, -0.2) is 17.8 Å². The summed E-state index contributed by atoms with van der Waals surface area (Å²) in [7, 11) is 0. The number of halogens is 2. The molecule has 0 aromatic heterocycles. The molecule has 86 valence electrons. The van der Waals surface area contributed by atoms with Crippen LogP contribution in [-0.2, 0) is 4.79 Å². The van der Waals surface area contributed by atoms with Gasteiger partial charge in [0.2, 0.25) is 5.91 Å². The molecular weight excluding hydrogens is 295 g/mol. The van der Waals surface area contributed by atoms with Gasteiger partial charge >= 0.3 is 6.03 Å². The van der Waals surface area contributed by atoms with Gasteiger partial charge in [0.15, 0.2) is 0 Å². The second kappa shape index (κ2) is 5.86. The van der Waals surface area contributed by atoms with Crippen molar-refractivity contribution in [2.45, 2.75) is 6.92 Å². The molecular formula is C10H10BrClN2O2. The summed E-state index contributed by atoms with van der Waals surface area (Å²) in [6.45, 7) is 1.90. The maximum absolute atomic E-state index is 11.3. The molecule has 1 rings (SSSR count). The van der Waals surface area contributed by atoms with E-state index in [2.05, 4.69) is 26.6 Å². The van der Waals surface area contributed by atoms with Crippen molar-refractivity contribution in [2.24, 2.45) is 0 Å². The lowest BCUT2D eigenvalue weighted by molar-refractivity contribution is -0.117. The molecule has 0 bridgehead atoms. The molecule has 0 heterocycles. The summed E-state index contributed by atoms with van der Waals surface area (Å²) in [6.07, 6.45) is 0. The lowest BCUT2D eigenvalue weighted by atomic mass is 10.2. The Hall–Kier alpha value is -1.07. The third-order valence-corrected chi connectivity index (χ3v) is 2.37. The molecule has 0 aliphatic carbocycles. The molecule has 0 unspecified atom stereocenters. The quantitative estimate of drug-likeness (QED) is 0.825. The molecule has 0 radical (unpaired) electrons. The minimum atomic E-state index is -0.594. The summed E-state index contributed by atoms with van der Waals surface area (Å²) in [5.74, 6) is -0.781. The van der Waals surface area contributed by atoms with E-state index in [1.165, 1.54) is 0 Å². The smallest absolute Gasteiger partial charge is 0.308 e. The Labute approximate surface area is 106 Å². The van der Waals surface area contributed by atoms with Crippen molar-refractivity contribution in [3.63, 3.8) is 0 Å². The van der Waals surface area contributed by atoms with Gasteiger partial charge in [-0.05, 0) is 30.7 Å². The molecule has 1 aromatic rings. The van der Waals surface area contributed by atoms with Gasteiger partial charge in [-0.3, -0.25) is 10.1 Å². The first kappa shape index (κ1) is 13.0. The van der Waals surface area contributed by atoms with Crippen molar-refractivity contribution in [3.8, 4) is 0 Å². The largest absolute Gasteiger partial charge is 0.325 e. The first-order valence-electron chi connectivity index (χ1n) is 4.45. The standard InChI is InChI=1S/C10H10BrClN2O2/c1-6-2-7(11)4-8(3-6)13-10(16)14-9(15)5-12/h2-4H,5H2,1H3,(H2,13,14,15,16). The lowest BCUT2D eigenvalue weighted by Crippen LogP contribution is -2.35. The van der Waals surface area contributed by atoms with Crippen molar-refractivity contribution in [2.75, 3.05) is 11.2 Å². The van der Waals surface area contributed by atoms with E-state index >= 15 is 0 Å². The van der Waals surface area contributed by atoms with Crippen LogP contribution in [0.5, 0.6) is 0 Å². The van der Waals surface area contributed by atoms with Crippen molar-refractivity contribution < 1.29 is 9.59 Å². The van der Waals surface area contributed by atoms with Crippen molar-refractivity contribution in [1.82, 2.24) is 5.32 Å². The van der Waals surface area contributed by atoms with Crippen LogP contribution in [0.1, 0.15) is 5.56 Å². The summed E-state index contributed by atoms with van der Waals surface area (Å²) in [5.41, 5.74) is 1.60. The van der Waals surface area contributed by atoms with Gasteiger partial charge in [-0.15, -0.1) is 11.6 Å². The van der Waals surface area contributed by atoms with Gasteiger partial charge in [0.25, 0.3) is 0 Å². The maximum Gasteiger partial charge on any atom is 0.325 e. The van der Waals surface area contributed by atoms with Crippen LogP contribution in [0, 0.1) is 6.92 Å². The van der Waals surface area contributed by atoms with Gasteiger partial charge in [0, 0.05) is 10.2 Å². The van der Waals surface area contributed by atoms with E-state index in [1.807, 2.05) is 13.0 Å². The Morgan fingerprint density at radius 2 is 2.06 bits per heavy atom. The summed E-state index contributed by atoms with van der Waals surface area (Å²) >= 11 is 8.56. The van der Waals surface area contributed by atoms with Gasteiger partial charge in [-0.1, -0.05) is 15.9 Å². The number of nitrogens with one attached hydrogen (secondary N) is 2. The van der Waals surface area contributed by atoms with E-state index in [-0.39, 0.29) is 5.88 Å². The number of carbonyl (C=O) groups excluding carboxylic acids is 2. The number of amides is 3. The van der Waals surface area contributed by atoms with Gasteiger partial charge in [0.05, 0.1) is 0 Å². The molecule has 0 spiro atoms. The van der Waals surface area contributed by atoms with Gasteiger partial charge < -0.3 is 5.32 Å². The number of benzene rings is 1. The summed E-state index contributed by atoms with van der Waals surface area (Å²) in [4.78, 5) is 22.1. The molecule has 6 heteroatoms. The van der Waals surface area contributed by atoms with Crippen molar-refractivity contribution in [3.05, 3.63) is 28.2 Å². The van der Waals surface area contributed by atoms with Crippen LogP contribution in [0.2, 0.25) is 0 Å². The Kier molecular flexibility index (Phi) is 4.76. The minimum absolute atomic E-state index is 0.245. The monoisotopic (exact) mass is 304 g/mol. The van der Waals surface area contributed by atoms with E-state index in [0.29, 0.717) is 5.69 Å². The minimum Gasteiger partial charge on any atom is -0.308 e. The van der Waals surface area contributed by atoms with Crippen LogP contribution in [0.25, 0.3) is 0 Å². The number of urea groups is 1. The van der Waals surface area contributed by atoms with E-state index in [1.54, 1.807) is 12.1 Å². The van der Waals surface area contributed by atoms with E-state index in [4.69, 9.17) is 11.6 Å². The number of carbonyl (C=O) groups is 2. The number of hydrogen-bond donors (Lipinski definition) is 2. The molecule has 3 amide bonds. The second-order valence-electron chi connectivity index (χ2n) is 3.15. The average molecular weight is 306 g/mol. The van der Waals surface area contributed by atoms with Crippen LogP contribution in [0.4, 0.5) is 10.5 Å². The Morgan fingerprint density at radius 1 is 1.38 bits per heavy atom. The summed E-state index contributed by atoms with van der Waals surface area (Å²) in [6, 6.07) is 4.84. The topological polar surface area (TPSA) is 58.2 Å². The molecule has 0 fully saturated rings. The average Bonchev–Trinajstić information content (AvgIpc) is 2.15. The highest BCUT2D eigenvalue weighted by atomic mass is 79.9. The number of aryl methyl sites for hydroxylation is 1. The zero-order valence-corrected chi connectivity index (χ0v) is 10.9. The van der Waals surface area contributed by atoms with Gasteiger partial charge in [-0.2, -0.15) is 0 Å². The highest BCUT2D eigenvalue weighted by Gasteiger charge is 2.06. The highest BCUT2D eigenvalue weighted by molar-refractivity contribution is 9.10. The normalized spacial score (nSPS) is 9.69. The summed E-state index contributed by atoms with van der Waals surface area (Å²) in [5, 5.41) is 4.61. The fourth-order valence-electron chi connectivity index (χ4n) is 1.13. The van der Waals surface area contributed by atoms with Crippen molar-refractivity contribution in [1.29, 1.82) is 0 Å². The SMILES string of the molecule is Cc1cc(Br)cc(NC(=O)NC(=O)CCl)c1. The van der Waals surface area contributed by atoms with E-state index in [0.717, 1.165) is 10.0 Å². The molecule has 0 aliphatic rings. The third kappa shape index (κ3) is 4.20. The Balaban J connectivity index is 2.66. The number of alkyl halides is 1. The van der Waals surface area contributed by atoms with Crippen LogP contribution >= 0.6 is 27.5 Å². The molecule has 2 N–H and O–H groups in total. The van der Waals surface area contributed by atoms with Crippen LogP contribution < -0.4 is 10.6 Å². The fraction of sp³-hybridized carbons (Fsp3) is 0.200. The molecule has 1 aromatic carbocycles. The molecule has 0 atom stereocenters. The molecule has 16 heavy (non-hydrogen) atoms. The predicted octanol–water partition coefficient (Wildman–Crippen LogP) is 2.64. The van der Waals surface area contributed by atoms with Crippen LogP contribution in [0.3, 0.4) is 0 Å². The number of hydrogen-bond acceptors (Lipinski definition) is 2. The summed E-state index contributed by atoms with van der Waals surface area (Å²) < 4.78 is 0.853. The lowest BCUT2D eigenvalue weighted by Gasteiger charge is -2.07. The number of rotatable bonds is 2. The van der Waals surface area contributed by atoms with E-state index in [9.17, 15) is 9.59 Å². The molecule has 0 saturated heterocycles.